The lowest BCUT2D eigenvalue weighted by Gasteiger charge is -2.30. The molecule has 1 saturated carbocycles. The van der Waals surface area contributed by atoms with E-state index in [1.54, 1.807) is 0 Å². The van der Waals surface area contributed by atoms with Crippen molar-refractivity contribution in [3.05, 3.63) is 64.7 Å². The van der Waals surface area contributed by atoms with Crippen LogP contribution in [0.4, 0.5) is 0 Å². The van der Waals surface area contributed by atoms with Crippen LogP contribution in [-0.4, -0.2) is 5.11 Å². The van der Waals surface area contributed by atoms with Crippen LogP contribution in [0.2, 0.25) is 0 Å². The van der Waals surface area contributed by atoms with Gasteiger partial charge in [-0.1, -0.05) is 35.9 Å². The van der Waals surface area contributed by atoms with Gasteiger partial charge in [-0.25, -0.2) is 0 Å². The van der Waals surface area contributed by atoms with Gasteiger partial charge in [0, 0.05) is 12.0 Å². The highest BCUT2D eigenvalue weighted by molar-refractivity contribution is 5.41. The zero-order valence-corrected chi connectivity index (χ0v) is 12.3. The molecular formula is C19H20O2. The number of aliphatic hydroxyl groups excluding tert-OH is 1. The minimum Gasteiger partial charge on any atom is -0.485 e. The molecule has 0 aromatic heterocycles. The first kappa shape index (κ1) is 12.9. The molecule has 2 heteroatoms. The van der Waals surface area contributed by atoms with Crippen LogP contribution in [0.1, 0.15) is 59.6 Å². The van der Waals surface area contributed by atoms with Crippen molar-refractivity contribution in [3.63, 3.8) is 0 Å². The maximum absolute atomic E-state index is 10.4. The zero-order valence-electron chi connectivity index (χ0n) is 12.3. The van der Waals surface area contributed by atoms with E-state index in [4.69, 9.17) is 4.74 Å². The van der Waals surface area contributed by atoms with Gasteiger partial charge in [-0.05, 0) is 48.9 Å². The molecule has 2 unspecified atom stereocenters. The molecule has 1 aliphatic heterocycles. The Morgan fingerprint density at radius 3 is 2.43 bits per heavy atom. The van der Waals surface area contributed by atoms with Crippen molar-refractivity contribution < 1.29 is 9.84 Å². The van der Waals surface area contributed by atoms with Gasteiger partial charge < -0.3 is 9.84 Å². The Balaban J connectivity index is 1.60. The molecule has 2 aliphatic rings. The quantitative estimate of drug-likeness (QED) is 0.881. The smallest absolute Gasteiger partial charge is 0.127 e. The van der Waals surface area contributed by atoms with Gasteiger partial charge in [0.15, 0.2) is 0 Å². The Morgan fingerprint density at radius 1 is 1.00 bits per heavy atom. The Kier molecular flexibility index (Phi) is 3.00. The van der Waals surface area contributed by atoms with Gasteiger partial charge in [-0.15, -0.1) is 0 Å². The van der Waals surface area contributed by atoms with Gasteiger partial charge in [-0.2, -0.15) is 0 Å². The second kappa shape index (κ2) is 4.88. The molecule has 1 heterocycles. The molecule has 0 amide bonds. The first-order chi connectivity index (χ1) is 10.2. The van der Waals surface area contributed by atoms with E-state index in [1.807, 2.05) is 25.1 Å². The van der Waals surface area contributed by atoms with Crippen LogP contribution in [0.3, 0.4) is 0 Å². The van der Waals surface area contributed by atoms with Gasteiger partial charge in [0.25, 0.3) is 0 Å². The van der Waals surface area contributed by atoms with E-state index in [9.17, 15) is 5.11 Å². The molecule has 1 N–H and O–H groups in total. The third-order valence-corrected chi connectivity index (χ3v) is 4.59. The first-order valence-corrected chi connectivity index (χ1v) is 7.76. The minimum absolute atomic E-state index is 0.0524. The topological polar surface area (TPSA) is 29.5 Å². The fourth-order valence-corrected chi connectivity index (χ4v) is 3.17. The summed E-state index contributed by atoms with van der Waals surface area (Å²) >= 11 is 0. The van der Waals surface area contributed by atoms with E-state index in [0.29, 0.717) is 6.42 Å². The Bertz CT molecular complexity index is 656. The Labute approximate surface area is 125 Å². The summed E-state index contributed by atoms with van der Waals surface area (Å²) in [4.78, 5) is 0. The fraction of sp³-hybridized carbons (Fsp3) is 0.368. The van der Waals surface area contributed by atoms with Crippen LogP contribution in [0.25, 0.3) is 0 Å². The lowest BCUT2D eigenvalue weighted by Crippen LogP contribution is -2.19. The van der Waals surface area contributed by atoms with Gasteiger partial charge in [-0.3, -0.25) is 0 Å². The van der Waals surface area contributed by atoms with Crippen molar-refractivity contribution in [1.82, 2.24) is 0 Å². The van der Waals surface area contributed by atoms with Crippen LogP contribution in [0.15, 0.2) is 42.5 Å². The first-order valence-electron chi connectivity index (χ1n) is 7.76. The third kappa shape index (κ3) is 2.44. The standard InChI is InChI=1S/C19H20O2/c1-12-2-9-18-16(10-12)17(20)11-19(21-18)15-7-5-14(6-8-15)13-3-4-13/h2,5-10,13,17,19-20H,3-4,11H2,1H3. The van der Waals surface area contributed by atoms with E-state index in [-0.39, 0.29) is 6.10 Å². The van der Waals surface area contributed by atoms with Crippen LogP contribution < -0.4 is 4.74 Å². The summed E-state index contributed by atoms with van der Waals surface area (Å²) < 4.78 is 6.10. The molecule has 0 saturated heterocycles. The third-order valence-electron chi connectivity index (χ3n) is 4.59. The monoisotopic (exact) mass is 280 g/mol. The number of rotatable bonds is 2. The summed E-state index contributed by atoms with van der Waals surface area (Å²) in [5.41, 5.74) is 4.67. The van der Waals surface area contributed by atoms with E-state index >= 15 is 0 Å². The molecule has 2 aromatic rings. The molecule has 0 bridgehead atoms. The number of aliphatic hydroxyl groups is 1. The van der Waals surface area contributed by atoms with Gasteiger partial charge in [0.05, 0.1) is 6.10 Å². The number of hydrogen-bond acceptors (Lipinski definition) is 2. The second-order valence-electron chi connectivity index (χ2n) is 6.34. The zero-order chi connectivity index (χ0) is 14.4. The van der Waals surface area contributed by atoms with E-state index in [1.165, 1.54) is 18.4 Å². The van der Waals surface area contributed by atoms with Gasteiger partial charge >= 0.3 is 0 Å². The highest BCUT2D eigenvalue weighted by Crippen LogP contribution is 2.43. The van der Waals surface area contributed by atoms with Gasteiger partial charge in [0.2, 0.25) is 0 Å². The molecular weight excluding hydrogens is 260 g/mol. The molecule has 1 fully saturated rings. The van der Waals surface area contributed by atoms with Gasteiger partial charge in [0.1, 0.15) is 11.9 Å². The molecule has 2 atom stereocenters. The fourth-order valence-electron chi connectivity index (χ4n) is 3.17. The molecule has 1 aliphatic carbocycles. The summed E-state index contributed by atoms with van der Waals surface area (Å²) in [6.45, 7) is 2.04. The molecule has 0 radical (unpaired) electrons. The largest absolute Gasteiger partial charge is 0.485 e. The molecule has 21 heavy (non-hydrogen) atoms. The van der Waals surface area contributed by atoms with E-state index < -0.39 is 6.10 Å². The average molecular weight is 280 g/mol. The predicted octanol–water partition coefficient (Wildman–Crippen LogP) is 4.43. The number of hydrogen-bond donors (Lipinski definition) is 1. The van der Waals surface area contributed by atoms with Crippen LogP contribution in [0, 0.1) is 6.92 Å². The van der Waals surface area contributed by atoms with Crippen molar-refractivity contribution in [3.8, 4) is 5.75 Å². The highest BCUT2D eigenvalue weighted by Gasteiger charge is 2.29. The number of benzene rings is 2. The minimum atomic E-state index is -0.443. The van der Waals surface area contributed by atoms with Crippen molar-refractivity contribution in [1.29, 1.82) is 0 Å². The molecule has 2 nitrogen and oxygen atoms in total. The van der Waals surface area contributed by atoms with Crippen LogP contribution >= 0.6 is 0 Å². The number of fused-ring (bicyclic) bond motifs is 1. The predicted molar refractivity (Wildman–Crippen MR) is 82.5 cm³/mol. The number of ether oxygens (including phenoxy) is 1. The lowest BCUT2D eigenvalue weighted by molar-refractivity contribution is 0.0657. The average Bonchev–Trinajstić information content (AvgIpc) is 3.33. The van der Waals surface area contributed by atoms with Crippen LogP contribution in [0.5, 0.6) is 5.75 Å². The van der Waals surface area contributed by atoms with E-state index in [2.05, 4.69) is 24.3 Å². The molecule has 2 aromatic carbocycles. The van der Waals surface area contributed by atoms with E-state index in [0.717, 1.165) is 28.4 Å². The lowest BCUT2D eigenvalue weighted by atomic mass is 9.93. The molecule has 108 valence electrons. The SMILES string of the molecule is Cc1ccc2c(c1)C(O)CC(c1ccc(C3CC3)cc1)O2. The molecule has 4 rings (SSSR count). The summed E-state index contributed by atoms with van der Waals surface area (Å²) in [5, 5.41) is 10.4. The van der Waals surface area contributed by atoms with Crippen molar-refractivity contribution in [2.45, 2.75) is 44.3 Å². The van der Waals surface area contributed by atoms with Crippen molar-refractivity contribution in [2.24, 2.45) is 0 Å². The van der Waals surface area contributed by atoms with Crippen molar-refractivity contribution >= 4 is 0 Å². The van der Waals surface area contributed by atoms with Crippen molar-refractivity contribution in [2.75, 3.05) is 0 Å². The summed E-state index contributed by atoms with van der Waals surface area (Å²) in [6.07, 6.45) is 2.78. The summed E-state index contributed by atoms with van der Waals surface area (Å²) in [7, 11) is 0. The molecule has 0 spiro atoms. The summed E-state index contributed by atoms with van der Waals surface area (Å²) in [6, 6.07) is 14.8. The summed E-state index contributed by atoms with van der Waals surface area (Å²) in [5.74, 6) is 1.59. The Morgan fingerprint density at radius 2 is 1.71 bits per heavy atom. The maximum Gasteiger partial charge on any atom is 0.127 e. The highest BCUT2D eigenvalue weighted by atomic mass is 16.5. The maximum atomic E-state index is 10.4. The Hall–Kier alpha value is -1.80. The second-order valence-corrected chi connectivity index (χ2v) is 6.34. The normalized spacial score (nSPS) is 24.3. The van der Waals surface area contributed by atoms with Crippen LogP contribution in [-0.2, 0) is 0 Å². The number of aryl methyl sites for hydroxylation is 1.